The van der Waals surface area contributed by atoms with Crippen molar-refractivity contribution in [1.82, 2.24) is 4.90 Å². The largest absolute Gasteiger partial charge is 0.497 e. The molecule has 120 valence electrons. The van der Waals surface area contributed by atoms with Crippen LogP contribution in [0.25, 0.3) is 0 Å². The average molecular weight is 305 g/mol. The van der Waals surface area contributed by atoms with E-state index in [0.29, 0.717) is 25.3 Å². The van der Waals surface area contributed by atoms with Gasteiger partial charge in [0, 0.05) is 19.5 Å². The van der Waals surface area contributed by atoms with E-state index in [0.717, 1.165) is 30.7 Å². The molecule has 1 atom stereocenters. The Balaban J connectivity index is 1.86. The van der Waals surface area contributed by atoms with Crippen molar-refractivity contribution in [2.24, 2.45) is 5.92 Å². The lowest BCUT2D eigenvalue weighted by molar-refractivity contribution is -0.137. The third kappa shape index (κ3) is 4.76. The van der Waals surface area contributed by atoms with E-state index in [1.54, 1.807) is 7.11 Å². The molecule has 1 saturated heterocycles. The van der Waals surface area contributed by atoms with Crippen LogP contribution in [0.2, 0.25) is 0 Å². The third-order valence-electron chi connectivity index (χ3n) is 4.15. The summed E-state index contributed by atoms with van der Waals surface area (Å²) in [6, 6.07) is 7.52. The lowest BCUT2D eigenvalue weighted by Gasteiger charge is -2.32. The smallest absolute Gasteiger partial charge is 0.303 e. The van der Waals surface area contributed by atoms with E-state index < -0.39 is 5.97 Å². The Labute approximate surface area is 130 Å². The van der Waals surface area contributed by atoms with Gasteiger partial charge in [-0.1, -0.05) is 12.1 Å². The topological polar surface area (TPSA) is 66.8 Å². The molecular weight excluding hydrogens is 282 g/mol. The van der Waals surface area contributed by atoms with Crippen LogP contribution in [0.5, 0.6) is 5.75 Å². The standard InChI is InChI=1S/C17H23NO4/c1-22-15-7-4-13(5-8-15)11-16(19)18-10-2-3-14(12-18)6-9-17(20)21/h4-5,7-8,14H,2-3,6,9-12H2,1H3,(H,20,21). The number of carbonyl (C=O) groups excluding carboxylic acids is 1. The van der Waals surface area contributed by atoms with Gasteiger partial charge in [0.1, 0.15) is 5.75 Å². The number of hydrogen-bond acceptors (Lipinski definition) is 3. The van der Waals surface area contributed by atoms with Gasteiger partial charge < -0.3 is 14.7 Å². The first-order valence-electron chi connectivity index (χ1n) is 7.71. The van der Waals surface area contributed by atoms with E-state index in [1.165, 1.54) is 0 Å². The molecule has 0 saturated carbocycles. The van der Waals surface area contributed by atoms with Gasteiger partial charge in [0.15, 0.2) is 0 Å². The number of rotatable bonds is 6. The number of carboxylic acids is 1. The van der Waals surface area contributed by atoms with E-state index in [-0.39, 0.29) is 12.3 Å². The maximum atomic E-state index is 12.4. The molecule has 0 bridgehead atoms. The Bertz CT molecular complexity index is 512. The number of methoxy groups -OCH3 is 1. The Hall–Kier alpha value is -2.04. The molecule has 1 aliphatic heterocycles. The average Bonchev–Trinajstić information content (AvgIpc) is 2.54. The van der Waals surface area contributed by atoms with Crippen LogP contribution in [0.1, 0.15) is 31.2 Å². The molecule has 2 rings (SSSR count). The maximum Gasteiger partial charge on any atom is 0.303 e. The highest BCUT2D eigenvalue weighted by Gasteiger charge is 2.24. The predicted octanol–water partition coefficient (Wildman–Crippen LogP) is 2.34. The van der Waals surface area contributed by atoms with Gasteiger partial charge >= 0.3 is 5.97 Å². The molecule has 1 aromatic rings. The summed E-state index contributed by atoms with van der Waals surface area (Å²) in [6.45, 7) is 1.46. The van der Waals surface area contributed by atoms with Crippen molar-refractivity contribution >= 4 is 11.9 Å². The van der Waals surface area contributed by atoms with Crippen molar-refractivity contribution < 1.29 is 19.4 Å². The van der Waals surface area contributed by atoms with Gasteiger partial charge in [0.25, 0.3) is 0 Å². The number of nitrogens with zero attached hydrogens (tertiary/aromatic N) is 1. The fourth-order valence-electron chi connectivity index (χ4n) is 2.88. The molecule has 5 heteroatoms. The van der Waals surface area contributed by atoms with Gasteiger partial charge in [-0.15, -0.1) is 0 Å². The third-order valence-corrected chi connectivity index (χ3v) is 4.15. The summed E-state index contributed by atoms with van der Waals surface area (Å²) in [4.78, 5) is 24.9. The Morgan fingerprint density at radius 3 is 2.68 bits per heavy atom. The lowest BCUT2D eigenvalue weighted by Crippen LogP contribution is -2.40. The SMILES string of the molecule is COc1ccc(CC(=O)N2CCCC(CCC(=O)O)C2)cc1. The molecule has 0 aliphatic carbocycles. The molecule has 0 aromatic heterocycles. The quantitative estimate of drug-likeness (QED) is 0.876. The van der Waals surface area contributed by atoms with E-state index in [9.17, 15) is 9.59 Å². The normalized spacial score (nSPS) is 18.0. The zero-order chi connectivity index (χ0) is 15.9. The van der Waals surface area contributed by atoms with Crippen molar-refractivity contribution in [3.63, 3.8) is 0 Å². The van der Waals surface area contributed by atoms with Gasteiger partial charge in [-0.2, -0.15) is 0 Å². The number of hydrogen-bond donors (Lipinski definition) is 1. The fraction of sp³-hybridized carbons (Fsp3) is 0.529. The minimum Gasteiger partial charge on any atom is -0.497 e. The number of amides is 1. The fourth-order valence-corrected chi connectivity index (χ4v) is 2.88. The lowest BCUT2D eigenvalue weighted by atomic mass is 9.93. The van der Waals surface area contributed by atoms with Crippen molar-refractivity contribution in [2.45, 2.75) is 32.1 Å². The number of piperidine rings is 1. The number of aliphatic carboxylic acids is 1. The second-order valence-electron chi connectivity index (χ2n) is 5.81. The van der Waals surface area contributed by atoms with Crippen molar-refractivity contribution in [2.75, 3.05) is 20.2 Å². The second kappa shape index (κ2) is 7.82. The molecule has 22 heavy (non-hydrogen) atoms. The van der Waals surface area contributed by atoms with E-state index in [1.807, 2.05) is 29.2 Å². The molecule has 1 N–H and O–H groups in total. The summed E-state index contributed by atoms with van der Waals surface area (Å²) in [6.07, 6.45) is 3.20. The minimum absolute atomic E-state index is 0.116. The van der Waals surface area contributed by atoms with Crippen molar-refractivity contribution in [3.8, 4) is 5.75 Å². The Morgan fingerprint density at radius 2 is 2.05 bits per heavy atom. The van der Waals surface area contributed by atoms with Crippen LogP contribution in [-0.4, -0.2) is 42.1 Å². The van der Waals surface area contributed by atoms with Gasteiger partial charge in [-0.05, 0) is 42.9 Å². The predicted molar refractivity (Wildman–Crippen MR) is 82.9 cm³/mol. The first kappa shape index (κ1) is 16.3. The molecule has 0 spiro atoms. The highest BCUT2D eigenvalue weighted by Crippen LogP contribution is 2.22. The zero-order valence-electron chi connectivity index (χ0n) is 13.0. The Kier molecular flexibility index (Phi) is 5.81. The Morgan fingerprint density at radius 1 is 1.32 bits per heavy atom. The highest BCUT2D eigenvalue weighted by molar-refractivity contribution is 5.79. The van der Waals surface area contributed by atoms with Crippen molar-refractivity contribution in [3.05, 3.63) is 29.8 Å². The number of ether oxygens (including phenoxy) is 1. The van der Waals surface area contributed by atoms with Crippen LogP contribution >= 0.6 is 0 Å². The summed E-state index contributed by atoms with van der Waals surface area (Å²) in [5.74, 6) is 0.444. The minimum atomic E-state index is -0.762. The molecule has 0 radical (unpaired) electrons. The van der Waals surface area contributed by atoms with Gasteiger partial charge in [0.05, 0.1) is 13.5 Å². The monoisotopic (exact) mass is 305 g/mol. The van der Waals surface area contributed by atoms with Crippen LogP contribution in [-0.2, 0) is 16.0 Å². The summed E-state index contributed by atoms with van der Waals surface area (Å²) in [5, 5.41) is 8.77. The summed E-state index contributed by atoms with van der Waals surface area (Å²) in [5.41, 5.74) is 0.971. The molecule has 1 aromatic carbocycles. The summed E-state index contributed by atoms with van der Waals surface area (Å²) >= 11 is 0. The number of likely N-dealkylation sites (tertiary alicyclic amines) is 1. The van der Waals surface area contributed by atoms with E-state index in [4.69, 9.17) is 9.84 Å². The van der Waals surface area contributed by atoms with Crippen LogP contribution in [0.3, 0.4) is 0 Å². The molecule has 1 fully saturated rings. The molecule has 1 unspecified atom stereocenters. The molecule has 1 aliphatic rings. The van der Waals surface area contributed by atoms with E-state index >= 15 is 0 Å². The van der Waals surface area contributed by atoms with Crippen LogP contribution in [0.15, 0.2) is 24.3 Å². The summed E-state index contributed by atoms with van der Waals surface area (Å²) < 4.78 is 5.11. The highest BCUT2D eigenvalue weighted by atomic mass is 16.5. The number of benzene rings is 1. The number of carboxylic acid groups (broad SMARTS) is 1. The van der Waals surface area contributed by atoms with Gasteiger partial charge in [-0.25, -0.2) is 0 Å². The summed E-state index contributed by atoms with van der Waals surface area (Å²) in [7, 11) is 1.62. The maximum absolute atomic E-state index is 12.4. The second-order valence-corrected chi connectivity index (χ2v) is 5.81. The zero-order valence-corrected chi connectivity index (χ0v) is 13.0. The van der Waals surface area contributed by atoms with Crippen molar-refractivity contribution in [1.29, 1.82) is 0 Å². The first-order valence-corrected chi connectivity index (χ1v) is 7.71. The van der Waals surface area contributed by atoms with Crippen LogP contribution in [0.4, 0.5) is 0 Å². The van der Waals surface area contributed by atoms with E-state index in [2.05, 4.69) is 0 Å². The molecule has 1 heterocycles. The first-order chi connectivity index (χ1) is 10.6. The van der Waals surface area contributed by atoms with Crippen LogP contribution in [0, 0.1) is 5.92 Å². The molecule has 5 nitrogen and oxygen atoms in total. The molecule has 1 amide bonds. The van der Waals surface area contributed by atoms with Crippen LogP contribution < -0.4 is 4.74 Å². The van der Waals surface area contributed by atoms with Gasteiger partial charge in [0.2, 0.25) is 5.91 Å². The van der Waals surface area contributed by atoms with Gasteiger partial charge in [-0.3, -0.25) is 9.59 Å². The molecular formula is C17H23NO4. The number of carbonyl (C=O) groups is 2.